The molecule has 0 bridgehead atoms. The second-order valence-corrected chi connectivity index (χ2v) is 8.51. The Balaban J connectivity index is 1.77. The lowest BCUT2D eigenvalue weighted by Crippen LogP contribution is -2.26. The Morgan fingerprint density at radius 1 is 1.00 bits per heavy atom. The van der Waals surface area contributed by atoms with Crippen LogP contribution in [0.1, 0.15) is 46.3 Å². The molecular formula is C26H33N5O2S. The summed E-state index contributed by atoms with van der Waals surface area (Å²) in [6.45, 7) is 4.46. The molecule has 1 heterocycles. The summed E-state index contributed by atoms with van der Waals surface area (Å²) in [5.74, 6) is 1.07. The summed E-state index contributed by atoms with van der Waals surface area (Å²) in [7, 11) is 0. The van der Waals surface area contributed by atoms with Gasteiger partial charge in [0.2, 0.25) is 0 Å². The van der Waals surface area contributed by atoms with Crippen LogP contribution in [-0.2, 0) is 0 Å². The molecule has 1 aliphatic rings. The Morgan fingerprint density at radius 3 is 2.59 bits per heavy atom. The Hall–Kier alpha value is -3.52. The van der Waals surface area contributed by atoms with Gasteiger partial charge in [-0.2, -0.15) is 12.6 Å². The van der Waals surface area contributed by atoms with E-state index in [0.29, 0.717) is 12.1 Å². The molecule has 5 N–H and O–H groups in total. The van der Waals surface area contributed by atoms with Gasteiger partial charge in [-0.05, 0) is 80.0 Å². The molecule has 1 amide bonds. The molecule has 2 aromatic rings. The van der Waals surface area contributed by atoms with Gasteiger partial charge in [-0.25, -0.2) is 0 Å². The number of amides is 1. The lowest BCUT2D eigenvalue weighted by molar-refractivity contribution is 0.0952. The van der Waals surface area contributed by atoms with Crippen LogP contribution >= 0.6 is 12.6 Å². The third kappa shape index (κ3) is 6.99. The largest absolute Gasteiger partial charge is 0.508 e. The second-order valence-electron chi connectivity index (χ2n) is 8.06. The van der Waals surface area contributed by atoms with Gasteiger partial charge in [-0.3, -0.25) is 15.2 Å². The van der Waals surface area contributed by atoms with E-state index in [-0.39, 0.29) is 11.7 Å². The average Bonchev–Trinajstić information content (AvgIpc) is 2.93. The molecule has 0 saturated heterocycles. The van der Waals surface area contributed by atoms with Crippen LogP contribution < -0.4 is 21.4 Å². The lowest BCUT2D eigenvalue weighted by Gasteiger charge is -2.26. The number of phenolic OH excluding ortho intramolecular Hbond substituents is 1. The zero-order chi connectivity index (χ0) is 24.3. The van der Waals surface area contributed by atoms with E-state index in [0.717, 1.165) is 53.1 Å². The summed E-state index contributed by atoms with van der Waals surface area (Å²) in [6.07, 6.45) is 12.2. The maximum atomic E-state index is 12.6. The number of aromatic hydroxyl groups is 1. The number of carbonyl (C=O) groups is 1. The Bertz CT molecular complexity index is 1080. The average molecular weight is 480 g/mol. The zero-order valence-electron chi connectivity index (χ0n) is 19.6. The van der Waals surface area contributed by atoms with Crippen LogP contribution in [-0.4, -0.2) is 28.3 Å². The summed E-state index contributed by atoms with van der Waals surface area (Å²) < 4.78 is 0. The van der Waals surface area contributed by atoms with Gasteiger partial charge in [-0.1, -0.05) is 6.42 Å². The monoisotopic (exact) mass is 479 g/mol. The van der Waals surface area contributed by atoms with E-state index in [1.54, 1.807) is 24.7 Å². The summed E-state index contributed by atoms with van der Waals surface area (Å²) in [5.41, 5.74) is 8.33. The van der Waals surface area contributed by atoms with Crippen LogP contribution in [0.4, 0.5) is 5.69 Å². The van der Waals surface area contributed by atoms with Crippen molar-refractivity contribution in [2.45, 2.75) is 33.1 Å². The van der Waals surface area contributed by atoms with Gasteiger partial charge in [0.25, 0.3) is 5.91 Å². The number of aryl methyl sites for hydroxylation is 2. The molecule has 1 aliphatic heterocycles. The van der Waals surface area contributed by atoms with Gasteiger partial charge in [0.15, 0.2) is 0 Å². The van der Waals surface area contributed by atoms with Crippen LogP contribution in [0, 0.1) is 13.8 Å². The minimum absolute atomic E-state index is 0.0582. The number of thiol groups is 1. The normalized spacial score (nSPS) is 13.1. The molecule has 3 rings (SSSR count). The number of benzene rings is 2. The van der Waals surface area contributed by atoms with Gasteiger partial charge in [-0.15, -0.1) is 0 Å². The van der Waals surface area contributed by atoms with Crippen molar-refractivity contribution in [3.05, 3.63) is 89.7 Å². The minimum Gasteiger partial charge on any atom is -0.508 e. The molecule has 34 heavy (non-hydrogen) atoms. The molecule has 0 aliphatic carbocycles. The minimum atomic E-state index is -0.0582. The molecule has 2 aromatic carbocycles. The highest BCUT2D eigenvalue weighted by molar-refractivity contribution is 7.80. The fourth-order valence-corrected chi connectivity index (χ4v) is 3.74. The van der Waals surface area contributed by atoms with E-state index in [4.69, 9.17) is 0 Å². The van der Waals surface area contributed by atoms with E-state index < -0.39 is 0 Å². The van der Waals surface area contributed by atoms with E-state index in [2.05, 4.69) is 34.0 Å². The molecule has 0 atom stereocenters. The number of nitrogens with zero attached hydrogens (tertiary/aromatic N) is 1. The van der Waals surface area contributed by atoms with Crippen molar-refractivity contribution in [2.75, 3.05) is 17.7 Å². The van der Waals surface area contributed by atoms with E-state index >= 15 is 0 Å². The van der Waals surface area contributed by atoms with Gasteiger partial charge >= 0.3 is 0 Å². The van der Waals surface area contributed by atoms with Crippen molar-refractivity contribution in [3.63, 3.8) is 0 Å². The first-order valence-corrected chi connectivity index (χ1v) is 12.0. The fraction of sp³-hybridized carbons (Fsp3) is 0.269. The number of hydrogen-bond acceptors (Lipinski definition) is 7. The van der Waals surface area contributed by atoms with Crippen LogP contribution in [0.25, 0.3) is 5.70 Å². The maximum absolute atomic E-state index is 12.6. The third-order valence-corrected chi connectivity index (χ3v) is 5.73. The quantitative estimate of drug-likeness (QED) is 0.233. The Kier molecular flexibility index (Phi) is 9.34. The molecule has 0 aromatic heterocycles. The summed E-state index contributed by atoms with van der Waals surface area (Å²) in [6, 6.07) is 11.2. The van der Waals surface area contributed by atoms with Crippen LogP contribution in [0.3, 0.4) is 0 Å². The van der Waals surface area contributed by atoms with Crippen molar-refractivity contribution in [1.29, 1.82) is 0 Å². The van der Waals surface area contributed by atoms with E-state index in [1.165, 1.54) is 0 Å². The molecule has 180 valence electrons. The Labute approximate surface area is 207 Å². The molecule has 0 unspecified atom stereocenters. The van der Waals surface area contributed by atoms with Crippen LogP contribution in [0.15, 0.2) is 67.4 Å². The number of hydrogen-bond donors (Lipinski definition) is 6. The van der Waals surface area contributed by atoms with Crippen LogP contribution in [0.2, 0.25) is 0 Å². The first-order valence-electron chi connectivity index (χ1n) is 11.4. The topological polar surface area (TPSA) is 88.7 Å². The highest BCUT2D eigenvalue weighted by Gasteiger charge is 2.14. The number of phenols is 1. The molecule has 0 spiro atoms. The van der Waals surface area contributed by atoms with Gasteiger partial charge in [0, 0.05) is 48.7 Å². The van der Waals surface area contributed by atoms with Crippen molar-refractivity contribution in [3.8, 4) is 5.75 Å². The SMILES string of the molecule is Cc1cc(C2=CNC=CNC=CN2Nc2ccc(C(=O)NCCCCCS)c(C)c2)ccc1O. The van der Waals surface area contributed by atoms with E-state index in [9.17, 15) is 9.90 Å². The number of unbranched alkanes of at least 4 members (excludes halogenated alkanes) is 2. The van der Waals surface area contributed by atoms with Gasteiger partial charge in [0.1, 0.15) is 5.75 Å². The van der Waals surface area contributed by atoms with Crippen molar-refractivity contribution in [2.24, 2.45) is 0 Å². The van der Waals surface area contributed by atoms with Gasteiger partial charge < -0.3 is 21.1 Å². The second kappa shape index (κ2) is 12.6. The predicted octanol–water partition coefficient (Wildman–Crippen LogP) is 4.60. The Morgan fingerprint density at radius 2 is 1.82 bits per heavy atom. The highest BCUT2D eigenvalue weighted by atomic mass is 32.1. The van der Waals surface area contributed by atoms with Crippen LogP contribution in [0.5, 0.6) is 5.75 Å². The molecular weight excluding hydrogens is 446 g/mol. The molecule has 0 radical (unpaired) electrons. The first-order chi connectivity index (χ1) is 16.5. The lowest BCUT2D eigenvalue weighted by atomic mass is 10.1. The fourth-order valence-electron chi connectivity index (χ4n) is 3.52. The molecule has 8 heteroatoms. The smallest absolute Gasteiger partial charge is 0.251 e. The number of carbonyl (C=O) groups excluding carboxylic acids is 1. The number of nitrogens with one attached hydrogen (secondary N) is 4. The standard InChI is InChI=1S/C26H33N5O2S/c1-19-17-22(7-8-23(19)26(33)29-10-4-3-5-15-34)30-31-14-13-27-11-12-28-18-24(31)21-6-9-25(32)20(2)16-21/h6-9,11-14,16-18,27-28,30,32,34H,3-5,10,15H2,1-2H3,(H,29,33). The number of hydrazine groups is 1. The molecule has 0 saturated carbocycles. The summed E-state index contributed by atoms with van der Waals surface area (Å²) in [4.78, 5) is 12.6. The third-order valence-electron chi connectivity index (χ3n) is 5.41. The van der Waals surface area contributed by atoms with Crippen molar-refractivity contribution >= 4 is 29.9 Å². The molecule has 7 nitrogen and oxygen atoms in total. The first kappa shape index (κ1) is 25.1. The number of anilines is 1. The van der Waals surface area contributed by atoms with Crippen molar-refractivity contribution in [1.82, 2.24) is 21.0 Å². The molecule has 0 fully saturated rings. The van der Waals surface area contributed by atoms with E-state index in [1.807, 2.05) is 61.6 Å². The summed E-state index contributed by atoms with van der Waals surface area (Å²) in [5, 5.41) is 21.0. The zero-order valence-corrected chi connectivity index (χ0v) is 20.5. The van der Waals surface area contributed by atoms with Crippen molar-refractivity contribution < 1.29 is 9.90 Å². The maximum Gasteiger partial charge on any atom is 0.251 e. The predicted molar refractivity (Wildman–Crippen MR) is 142 cm³/mol. The summed E-state index contributed by atoms with van der Waals surface area (Å²) >= 11 is 4.22. The number of rotatable bonds is 9. The highest BCUT2D eigenvalue weighted by Crippen LogP contribution is 2.26. The van der Waals surface area contributed by atoms with Gasteiger partial charge in [0.05, 0.1) is 11.4 Å².